The number of nitrogens with one attached hydrogen (secondary N) is 1. The van der Waals surface area contributed by atoms with Crippen LogP contribution in [0, 0.1) is 13.8 Å². The highest BCUT2D eigenvalue weighted by atomic mass is 32.2. The highest BCUT2D eigenvalue weighted by Gasteiger charge is 2.20. The lowest BCUT2D eigenvalue weighted by Crippen LogP contribution is -2.32. The number of hydrogen-bond donors (Lipinski definition) is 1. The number of benzene rings is 1. The largest absolute Gasteiger partial charge is 0.350 e. The van der Waals surface area contributed by atoms with Crippen LogP contribution < -0.4 is 5.32 Å². The molecule has 0 bridgehead atoms. The Morgan fingerprint density at radius 3 is 2.41 bits per heavy atom. The Kier molecular flexibility index (Phi) is 6.21. The van der Waals surface area contributed by atoms with Crippen molar-refractivity contribution in [1.82, 2.24) is 19.4 Å². The van der Waals surface area contributed by atoms with Gasteiger partial charge in [0.2, 0.25) is 10.0 Å². The standard InChI is InChI=1S/C20H24N4O3S2/c1-14-11-15(2)24(22-14)19(17-9-10-28-13-17)12-21-20(25)16-5-7-18(8-6-16)29(26,27)23(3)4/h5-11,13,19H,12H2,1-4H3,(H,21,25). The third-order valence-electron chi connectivity index (χ3n) is 4.62. The zero-order valence-electron chi connectivity index (χ0n) is 16.8. The molecular weight excluding hydrogens is 408 g/mol. The summed E-state index contributed by atoms with van der Waals surface area (Å²) in [6.45, 7) is 4.30. The number of thiophene rings is 1. The van der Waals surface area contributed by atoms with Crippen LogP contribution >= 0.6 is 11.3 Å². The molecule has 0 aliphatic rings. The molecule has 0 aliphatic carbocycles. The molecule has 1 unspecified atom stereocenters. The summed E-state index contributed by atoms with van der Waals surface area (Å²) in [5.41, 5.74) is 3.42. The van der Waals surface area contributed by atoms with Gasteiger partial charge in [-0.2, -0.15) is 16.4 Å². The third kappa shape index (κ3) is 4.58. The van der Waals surface area contributed by atoms with Gasteiger partial charge in [0.15, 0.2) is 0 Å². The number of aryl methyl sites for hydroxylation is 2. The second-order valence-corrected chi connectivity index (χ2v) is 9.90. The summed E-state index contributed by atoms with van der Waals surface area (Å²) in [6, 6.07) is 9.85. The maximum atomic E-state index is 12.6. The fourth-order valence-electron chi connectivity index (χ4n) is 3.05. The summed E-state index contributed by atoms with van der Waals surface area (Å²) >= 11 is 1.60. The Balaban J connectivity index is 1.76. The Morgan fingerprint density at radius 1 is 1.21 bits per heavy atom. The van der Waals surface area contributed by atoms with Crippen LogP contribution in [0.5, 0.6) is 0 Å². The average molecular weight is 433 g/mol. The topological polar surface area (TPSA) is 84.3 Å². The van der Waals surface area contributed by atoms with Gasteiger partial charge in [0, 0.05) is 31.9 Å². The zero-order chi connectivity index (χ0) is 21.2. The quantitative estimate of drug-likeness (QED) is 0.622. The van der Waals surface area contributed by atoms with Crippen molar-refractivity contribution in [2.45, 2.75) is 24.8 Å². The van der Waals surface area contributed by atoms with Crippen LogP contribution in [0.3, 0.4) is 0 Å². The van der Waals surface area contributed by atoms with Gasteiger partial charge in [-0.3, -0.25) is 9.48 Å². The van der Waals surface area contributed by atoms with Crippen LogP contribution in [-0.4, -0.2) is 49.1 Å². The van der Waals surface area contributed by atoms with Gasteiger partial charge in [0.25, 0.3) is 5.91 Å². The number of nitrogens with zero attached hydrogens (tertiary/aromatic N) is 3. The highest BCUT2D eigenvalue weighted by Crippen LogP contribution is 2.22. The van der Waals surface area contributed by atoms with Crippen molar-refractivity contribution in [2.75, 3.05) is 20.6 Å². The fourth-order valence-corrected chi connectivity index (χ4v) is 4.66. The number of carbonyl (C=O) groups excluding carboxylic acids is 1. The van der Waals surface area contributed by atoms with E-state index in [9.17, 15) is 13.2 Å². The molecule has 1 aromatic carbocycles. The predicted octanol–water partition coefficient (Wildman–Crippen LogP) is 2.83. The molecule has 0 spiro atoms. The molecule has 29 heavy (non-hydrogen) atoms. The number of aromatic nitrogens is 2. The fraction of sp³-hybridized carbons (Fsp3) is 0.300. The van der Waals surface area contributed by atoms with Gasteiger partial charge in [-0.25, -0.2) is 12.7 Å². The van der Waals surface area contributed by atoms with Gasteiger partial charge in [-0.05, 0) is 66.6 Å². The molecule has 7 nitrogen and oxygen atoms in total. The Labute approximate surface area is 175 Å². The molecule has 0 aliphatic heterocycles. The molecule has 2 heterocycles. The molecular formula is C20H24N4O3S2. The lowest BCUT2D eigenvalue weighted by atomic mass is 10.1. The van der Waals surface area contributed by atoms with E-state index < -0.39 is 10.0 Å². The van der Waals surface area contributed by atoms with E-state index in [-0.39, 0.29) is 16.8 Å². The molecule has 9 heteroatoms. The van der Waals surface area contributed by atoms with Crippen LogP contribution in [-0.2, 0) is 10.0 Å². The minimum atomic E-state index is -3.52. The van der Waals surface area contributed by atoms with Gasteiger partial charge in [-0.1, -0.05) is 0 Å². The second-order valence-electron chi connectivity index (χ2n) is 6.97. The molecule has 0 fully saturated rings. The first-order valence-corrected chi connectivity index (χ1v) is 11.4. The molecule has 154 valence electrons. The number of sulfonamides is 1. The first-order valence-electron chi connectivity index (χ1n) is 9.06. The lowest BCUT2D eigenvalue weighted by molar-refractivity contribution is 0.0949. The molecule has 0 saturated heterocycles. The number of carbonyl (C=O) groups is 1. The zero-order valence-corrected chi connectivity index (χ0v) is 18.4. The van der Waals surface area contributed by atoms with E-state index in [1.54, 1.807) is 11.3 Å². The van der Waals surface area contributed by atoms with Crippen molar-refractivity contribution in [3.05, 3.63) is 69.7 Å². The number of hydrogen-bond acceptors (Lipinski definition) is 5. The van der Waals surface area contributed by atoms with Crippen LogP contribution in [0.25, 0.3) is 0 Å². The Hall–Kier alpha value is -2.49. The van der Waals surface area contributed by atoms with E-state index in [1.807, 2.05) is 41.4 Å². The van der Waals surface area contributed by atoms with Gasteiger partial charge in [0.1, 0.15) is 0 Å². The summed E-state index contributed by atoms with van der Waals surface area (Å²) in [6.07, 6.45) is 0. The highest BCUT2D eigenvalue weighted by molar-refractivity contribution is 7.89. The van der Waals surface area contributed by atoms with Gasteiger partial charge >= 0.3 is 0 Å². The molecule has 0 saturated carbocycles. The molecule has 3 aromatic rings. The summed E-state index contributed by atoms with van der Waals surface area (Å²) in [7, 11) is -0.579. The van der Waals surface area contributed by atoms with Crippen molar-refractivity contribution in [3.63, 3.8) is 0 Å². The van der Waals surface area contributed by atoms with Crippen molar-refractivity contribution in [1.29, 1.82) is 0 Å². The Morgan fingerprint density at radius 2 is 1.90 bits per heavy atom. The van der Waals surface area contributed by atoms with Gasteiger partial charge < -0.3 is 5.32 Å². The molecule has 3 rings (SSSR count). The predicted molar refractivity (Wildman–Crippen MR) is 114 cm³/mol. The maximum absolute atomic E-state index is 12.6. The van der Waals surface area contributed by atoms with E-state index >= 15 is 0 Å². The molecule has 1 amide bonds. The van der Waals surface area contributed by atoms with Crippen molar-refractivity contribution in [3.8, 4) is 0 Å². The monoisotopic (exact) mass is 432 g/mol. The first kappa shape index (κ1) is 21.2. The van der Waals surface area contributed by atoms with E-state index in [0.29, 0.717) is 12.1 Å². The van der Waals surface area contributed by atoms with E-state index in [4.69, 9.17) is 0 Å². The van der Waals surface area contributed by atoms with Crippen LogP contribution in [0.2, 0.25) is 0 Å². The van der Waals surface area contributed by atoms with E-state index in [1.165, 1.54) is 38.4 Å². The average Bonchev–Trinajstić information content (AvgIpc) is 3.32. The third-order valence-corrected chi connectivity index (χ3v) is 7.15. The number of rotatable bonds is 7. The number of amides is 1. The minimum Gasteiger partial charge on any atom is -0.350 e. The lowest BCUT2D eigenvalue weighted by Gasteiger charge is -2.19. The summed E-state index contributed by atoms with van der Waals surface area (Å²) < 4.78 is 27.4. The van der Waals surface area contributed by atoms with E-state index in [2.05, 4.69) is 10.4 Å². The molecule has 1 atom stereocenters. The molecule has 0 radical (unpaired) electrons. The van der Waals surface area contributed by atoms with Crippen LogP contribution in [0.4, 0.5) is 0 Å². The van der Waals surface area contributed by atoms with Crippen molar-refractivity contribution < 1.29 is 13.2 Å². The molecule has 2 aromatic heterocycles. The summed E-state index contributed by atoms with van der Waals surface area (Å²) in [4.78, 5) is 12.8. The van der Waals surface area contributed by atoms with Gasteiger partial charge in [0.05, 0.1) is 16.6 Å². The maximum Gasteiger partial charge on any atom is 0.251 e. The van der Waals surface area contributed by atoms with E-state index in [0.717, 1.165) is 21.3 Å². The SMILES string of the molecule is Cc1cc(C)n(C(CNC(=O)c2ccc(S(=O)(=O)N(C)C)cc2)c2ccsc2)n1. The normalized spacial score (nSPS) is 12.9. The second kappa shape index (κ2) is 8.48. The minimum absolute atomic E-state index is 0.118. The van der Waals surface area contributed by atoms with Crippen molar-refractivity contribution >= 4 is 27.3 Å². The summed E-state index contributed by atoms with van der Waals surface area (Å²) in [5, 5.41) is 11.6. The molecule has 1 N–H and O–H groups in total. The van der Waals surface area contributed by atoms with Crippen LogP contribution in [0.15, 0.2) is 52.1 Å². The van der Waals surface area contributed by atoms with Crippen LogP contribution in [0.1, 0.15) is 33.4 Å². The first-order chi connectivity index (χ1) is 13.7. The smallest absolute Gasteiger partial charge is 0.251 e. The van der Waals surface area contributed by atoms with Crippen molar-refractivity contribution in [2.24, 2.45) is 0 Å². The van der Waals surface area contributed by atoms with Gasteiger partial charge in [-0.15, -0.1) is 0 Å². The Bertz CT molecular complexity index is 1090. The summed E-state index contributed by atoms with van der Waals surface area (Å²) in [5.74, 6) is -0.263.